The van der Waals surface area contributed by atoms with Crippen molar-refractivity contribution < 1.29 is 22.7 Å². The minimum Gasteiger partial charge on any atom is -0.378 e. The number of ether oxygens (including phenoxy) is 1. The van der Waals surface area contributed by atoms with Gasteiger partial charge in [-0.3, -0.25) is 9.20 Å². The molecule has 1 unspecified atom stereocenters. The number of hydrogen-bond donors (Lipinski definition) is 1. The Hall–Kier alpha value is -5.50. The number of rotatable bonds is 3. The van der Waals surface area contributed by atoms with E-state index in [9.17, 15) is 18.0 Å². The molecule has 0 aliphatic carbocycles. The Balaban J connectivity index is 1.22. The van der Waals surface area contributed by atoms with E-state index in [1.165, 1.54) is 24.3 Å². The summed E-state index contributed by atoms with van der Waals surface area (Å²) in [4.78, 5) is 36.3. The topological polar surface area (TPSA) is 106 Å². The number of nitrogens with one attached hydrogen (secondary N) is 1. The summed E-state index contributed by atoms with van der Waals surface area (Å²) in [6, 6.07) is 10.9. The number of anilines is 2. The molecule has 11 nitrogen and oxygen atoms in total. The number of carbonyl (C=O) groups is 1. The molecule has 1 N–H and O–H groups in total. The second-order valence-corrected chi connectivity index (χ2v) is 12.2. The van der Waals surface area contributed by atoms with Gasteiger partial charge in [0.15, 0.2) is 5.82 Å². The molecule has 1 amide bonds. The molecule has 2 aliphatic heterocycles. The molecule has 1 saturated heterocycles. The predicted octanol–water partition coefficient (Wildman–Crippen LogP) is 4.77. The average molecular weight is 654 g/mol. The van der Waals surface area contributed by atoms with E-state index in [0.717, 1.165) is 11.6 Å². The van der Waals surface area contributed by atoms with Gasteiger partial charge in [-0.25, -0.2) is 33.1 Å². The van der Waals surface area contributed by atoms with E-state index in [-0.39, 0.29) is 29.9 Å². The third-order valence-electron chi connectivity index (χ3n) is 9.11. The summed E-state index contributed by atoms with van der Waals surface area (Å²) in [6.07, 6.45) is 6.47. The van der Waals surface area contributed by atoms with Gasteiger partial charge >= 0.3 is 0 Å². The highest BCUT2D eigenvalue weighted by atomic mass is 19.1. The van der Waals surface area contributed by atoms with Crippen LogP contribution in [-0.2, 0) is 16.1 Å². The molecular weight excluding hydrogens is 623 g/mol. The number of carbonyl (C=O) groups excluding carboxylic acids is 1. The third kappa shape index (κ3) is 5.08. The van der Waals surface area contributed by atoms with Gasteiger partial charge in [0.1, 0.15) is 40.7 Å². The van der Waals surface area contributed by atoms with Crippen LogP contribution in [0, 0.1) is 17.5 Å². The van der Waals surface area contributed by atoms with Crippen LogP contribution in [0.1, 0.15) is 6.42 Å². The van der Waals surface area contributed by atoms with Crippen molar-refractivity contribution in [2.24, 2.45) is 0 Å². The minimum atomic E-state index is -0.738. The zero-order valence-electron chi connectivity index (χ0n) is 26.0. The van der Waals surface area contributed by atoms with Crippen molar-refractivity contribution in [1.29, 1.82) is 0 Å². The van der Waals surface area contributed by atoms with Crippen LogP contribution in [0.25, 0.3) is 39.2 Å². The molecular formula is C34H30F3N9O2. The largest absolute Gasteiger partial charge is 0.378 e. The Morgan fingerprint density at radius 3 is 2.67 bits per heavy atom. The number of halogens is 3. The second kappa shape index (κ2) is 11.6. The molecule has 1 fully saturated rings. The highest BCUT2D eigenvalue weighted by molar-refractivity contribution is 5.92. The lowest BCUT2D eigenvalue weighted by Gasteiger charge is -2.30. The lowest BCUT2D eigenvalue weighted by atomic mass is 10.1. The molecule has 6 heterocycles. The van der Waals surface area contributed by atoms with Gasteiger partial charge in [0.05, 0.1) is 47.5 Å². The first-order valence-electron chi connectivity index (χ1n) is 15.5. The van der Waals surface area contributed by atoms with Gasteiger partial charge in [-0.2, -0.15) is 0 Å². The van der Waals surface area contributed by atoms with Crippen LogP contribution in [0.3, 0.4) is 0 Å². The maximum absolute atomic E-state index is 14.8. The number of methoxy groups -OCH3 is 1. The average Bonchev–Trinajstić information content (AvgIpc) is 3.80. The highest BCUT2D eigenvalue weighted by Gasteiger charge is 2.40. The van der Waals surface area contributed by atoms with E-state index in [4.69, 9.17) is 9.72 Å². The molecule has 0 radical (unpaired) electrons. The summed E-state index contributed by atoms with van der Waals surface area (Å²) < 4.78 is 52.7. The van der Waals surface area contributed by atoms with Crippen LogP contribution in [0.5, 0.6) is 0 Å². The van der Waals surface area contributed by atoms with Crippen LogP contribution >= 0.6 is 0 Å². The van der Waals surface area contributed by atoms with E-state index >= 15 is 0 Å². The summed E-state index contributed by atoms with van der Waals surface area (Å²) in [6.45, 7) is 1.02. The molecule has 4 bridgehead atoms. The number of imidazole rings is 2. The zero-order chi connectivity index (χ0) is 33.1. The molecule has 4 aromatic heterocycles. The molecule has 2 aliphatic rings. The van der Waals surface area contributed by atoms with Gasteiger partial charge < -0.3 is 24.4 Å². The standard InChI is InChI=1S/C34H30F3N9O2/c1-43-16-22(48-2)17-44-18-40-27-12-20(36)10-24(31(27)44)26-4-3-5-30(42-26)41-21-13-28(34(43)47)46(15-21)33-29-14-39-32(45(29)9-8-38-33)23-7-6-19(35)11-25(23)37/h3-12,14,18,21-22,28H,13,15-17H2,1-2H3,(H,41,42)/t21-,22?,28-/m0/s1. The van der Waals surface area contributed by atoms with Gasteiger partial charge in [0.2, 0.25) is 5.91 Å². The number of likely N-dealkylation sites (N-methyl/N-ethyl adjacent to an activating group) is 1. The number of amides is 1. The number of nitrogens with zero attached hydrogens (tertiary/aromatic N) is 8. The lowest BCUT2D eigenvalue weighted by Crippen LogP contribution is -2.47. The Kier molecular flexibility index (Phi) is 7.24. The van der Waals surface area contributed by atoms with Crippen molar-refractivity contribution in [3.63, 3.8) is 0 Å². The molecule has 0 spiro atoms. The van der Waals surface area contributed by atoms with Gasteiger partial charge in [0, 0.05) is 63.4 Å². The predicted molar refractivity (Wildman–Crippen MR) is 173 cm³/mol. The first-order chi connectivity index (χ1) is 23.3. The minimum absolute atomic E-state index is 0.135. The lowest BCUT2D eigenvalue weighted by molar-refractivity contribution is -0.132. The Bertz CT molecular complexity index is 2200. The normalized spacial score (nSPS) is 19.9. The van der Waals surface area contributed by atoms with E-state index < -0.39 is 29.6 Å². The third-order valence-corrected chi connectivity index (χ3v) is 9.11. The number of hydrogen-bond acceptors (Lipinski definition) is 8. The van der Waals surface area contributed by atoms with Gasteiger partial charge in [-0.05, 0) is 36.8 Å². The quantitative estimate of drug-likeness (QED) is 0.291. The number of benzene rings is 2. The highest BCUT2D eigenvalue weighted by Crippen LogP contribution is 2.34. The molecule has 6 aromatic rings. The van der Waals surface area contributed by atoms with E-state index in [0.29, 0.717) is 53.4 Å². The van der Waals surface area contributed by atoms with Crippen molar-refractivity contribution in [2.45, 2.75) is 31.2 Å². The number of pyridine rings is 1. The van der Waals surface area contributed by atoms with Crippen LogP contribution in [0.2, 0.25) is 0 Å². The van der Waals surface area contributed by atoms with E-state index in [2.05, 4.69) is 20.3 Å². The molecule has 3 atom stereocenters. The van der Waals surface area contributed by atoms with Gasteiger partial charge in [-0.1, -0.05) is 6.07 Å². The summed E-state index contributed by atoms with van der Waals surface area (Å²) in [5, 5.41) is 3.49. The first kappa shape index (κ1) is 29.9. The van der Waals surface area contributed by atoms with Gasteiger partial charge in [-0.15, -0.1) is 0 Å². The fraction of sp³-hybridized carbons (Fsp3) is 0.265. The molecule has 2 aromatic carbocycles. The van der Waals surface area contributed by atoms with E-state index in [1.807, 2.05) is 27.7 Å². The molecule has 8 rings (SSSR count). The fourth-order valence-electron chi connectivity index (χ4n) is 6.87. The van der Waals surface area contributed by atoms with Crippen molar-refractivity contribution in [3.8, 4) is 22.6 Å². The van der Waals surface area contributed by atoms with Crippen LogP contribution in [-0.4, -0.2) is 85.1 Å². The molecule has 244 valence electrons. The number of aromatic nitrogens is 6. The van der Waals surface area contributed by atoms with Gasteiger partial charge in [0.25, 0.3) is 0 Å². The summed E-state index contributed by atoms with van der Waals surface area (Å²) in [5.74, 6) is -0.637. The van der Waals surface area contributed by atoms with Crippen LogP contribution in [0.4, 0.5) is 24.8 Å². The smallest absolute Gasteiger partial charge is 0.245 e. The van der Waals surface area contributed by atoms with Crippen LogP contribution in [0.15, 0.2) is 73.4 Å². The maximum Gasteiger partial charge on any atom is 0.245 e. The monoisotopic (exact) mass is 653 g/mol. The SMILES string of the molecule is COC1CN(C)C(=O)[C@@H]2C[C@@H](CN2c2nccn3c(-c4ccc(F)cc4F)ncc23)Nc2cccc(n2)-c2cc(F)cc3ncn(c23)C1. The Morgan fingerprint density at radius 2 is 1.83 bits per heavy atom. The van der Waals surface area contributed by atoms with E-state index in [1.54, 1.807) is 48.4 Å². The van der Waals surface area contributed by atoms with Crippen molar-refractivity contribution in [2.75, 3.05) is 37.5 Å². The summed E-state index contributed by atoms with van der Waals surface area (Å²) in [7, 11) is 3.33. The Labute approximate surface area is 272 Å². The second-order valence-electron chi connectivity index (χ2n) is 12.2. The van der Waals surface area contributed by atoms with Crippen molar-refractivity contribution in [3.05, 3.63) is 90.9 Å². The summed E-state index contributed by atoms with van der Waals surface area (Å²) >= 11 is 0. The molecule has 0 saturated carbocycles. The van der Waals surface area contributed by atoms with Crippen molar-refractivity contribution >= 4 is 34.1 Å². The zero-order valence-corrected chi connectivity index (χ0v) is 26.0. The maximum atomic E-state index is 14.8. The number of fused-ring (bicyclic) bond motifs is 6. The Morgan fingerprint density at radius 1 is 0.958 bits per heavy atom. The fourth-order valence-corrected chi connectivity index (χ4v) is 6.87. The molecule has 14 heteroatoms. The molecule has 48 heavy (non-hydrogen) atoms. The first-order valence-corrected chi connectivity index (χ1v) is 15.5. The summed E-state index contributed by atoms with van der Waals surface area (Å²) in [5.41, 5.74) is 3.08. The van der Waals surface area contributed by atoms with Crippen LogP contribution < -0.4 is 10.2 Å². The van der Waals surface area contributed by atoms with Crippen molar-refractivity contribution in [1.82, 2.24) is 33.8 Å².